The van der Waals surface area contributed by atoms with Gasteiger partial charge in [0.2, 0.25) is 5.75 Å². The molecule has 0 spiro atoms. The maximum atomic E-state index is 11.3. The third-order valence-corrected chi connectivity index (χ3v) is 4.72. The molecule has 0 heterocycles. The summed E-state index contributed by atoms with van der Waals surface area (Å²) in [5.74, 6) is -0.120. The zero-order chi connectivity index (χ0) is 24.1. The molecule has 2 atom stereocenters. The Hall–Kier alpha value is 1.28. The molecule has 0 aliphatic carbocycles. The van der Waals surface area contributed by atoms with Crippen molar-refractivity contribution < 1.29 is 116 Å². The van der Waals surface area contributed by atoms with Gasteiger partial charge in [0.15, 0.2) is 23.0 Å². The van der Waals surface area contributed by atoms with E-state index in [9.17, 15) is 18.9 Å². The fraction of sp³-hybridized carbons (Fsp3) is 0.222. The van der Waals surface area contributed by atoms with Gasteiger partial charge in [-0.1, -0.05) is 12.2 Å². The first-order valence-corrected chi connectivity index (χ1v) is 11.6. The summed E-state index contributed by atoms with van der Waals surface area (Å²) in [4.78, 5) is 40.5. The summed E-state index contributed by atoms with van der Waals surface area (Å²) >= 11 is 0. The topological polar surface area (TPSA) is 176 Å². The van der Waals surface area contributed by atoms with Crippen molar-refractivity contribution in [1.29, 1.82) is 0 Å². The van der Waals surface area contributed by atoms with Crippen LogP contribution in [0.1, 0.15) is 11.1 Å². The van der Waals surface area contributed by atoms with Crippen LogP contribution in [0.15, 0.2) is 24.3 Å². The number of phosphoric acid groups is 2. The molecular weight excluding hydrogens is 562 g/mol. The van der Waals surface area contributed by atoms with Crippen molar-refractivity contribution in [2.45, 2.75) is 0 Å². The van der Waals surface area contributed by atoms with Crippen LogP contribution in [0.5, 0.6) is 34.5 Å². The second-order valence-corrected chi connectivity index (χ2v) is 8.19. The van der Waals surface area contributed by atoms with Gasteiger partial charge in [-0.25, -0.2) is 0 Å². The molecular formula is C18H20Na4O12P2. The second-order valence-electron chi connectivity index (χ2n) is 5.95. The van der Waals surface area contributed by atoms with Crippen LogP contribution in [0, 0.1) is 0 Å². The van der Waals surface area contributed by atoms with Crippen molar-refractivity contribution in [1.82, 2.24) is 0 Å². The van der Waals surface area contributed by atoms with Crippen LogP contribution < -0.4 is 96.9 Å². The molecule has 178 valence electrons. The number of ether oxygens (including phenoxy) is 4. The molecule has 0 bridgehead atoms. The Morgan fingerprint density at radius 2 is 1.11 bits per heavy atom. The zero-order valence-electron chi connectivity index (χ0n) is 21.3. The minimum absolute atomic E-state index is 0. The van der Waals surface area contributed by atoms with Gasteiger partial charge in [-0.05, 0) is 23.8 Å². The maximum Gasteiger partial charge on any atom is 1.00 e. The van der Waals surface area contributed by atoms with Gasteiger partial charge in [0, 0.05) is 70.7 Å². The van der Waals surface area contributed by atoms with Crippen molar-refractivity contribution >= 4 is 86.9 Å². The second kappa shape index (κ2) is 18.6. The number of hydrogen-bond donors (Lipinski definition) is 2. The van der Waals surface area contributed by atoms with E-state index in [0.29, 0.717) is 22.8 Å². The quantitative estimate of drug-likeness (QED) is 0.155. The van der Waals surface area contributed by atoms with Gasteiger partial charge >= 0.3 is 74.8 Å². The number of rotatable bonds is 10. The smallest absolute Gasteiger partial charge is 0.746 e. The Balaban J connectivity index is -0.00000272. The average Bonchev–Trinajstić information content (AvgIpc) is 2.70. The van der Waals surface area contributed by atoms with E-state index in [4.69, 9.17) is 28.7 Å². The van der Waals surface area contributed by atoms with Crippen molar-refractivity contribution in [3.05, 3.63) is 35.4 Å². The first-order valence-electron chi connectivity index (χ1n) is 8.57. The van der Waals surface area contributed by atoms with E-state index >= 15 is 0 Å². The van der Waals surface area contributed by atoms with Crippen LogP contribution in [0.4, 0.5) is 0 Å². The van der Waals surface area contributed by atoms with E-state index < -0.39 is 27.1 Å². The van der Waals surface area contributed by atoms with Crippen LogP contribution >= 0.6 is 15.6 Å². The largest absolute Gasteiger partial charge is 1.00 e. The molecule has 2 aromatic rings. The Bertz CT molecular complexity index is 1080. The van der Waals surface area contributed by atoms with Crippen molar-refractivity contribution in [3.8, 4) is 34.5 Å². The minimum Gasteiger partial charge on any atom is -0.746 e. The van der Waals surface area contributed by atoms with Crippen LogP contribution in [0.25, 0.3) is 12.2 Å². The Morgan fingerprint density at radius 1 is 0.667 bits per heavy atom. The van der Waals surface area contributed by atoms with E-state index in [1.807, 2.05) is 0 Å². The van der Waals surface area contributed by atoms with Crippen molar-refractivity contribution in [2.75, 3.05) is 28.4 Å². The van der Waals surface area contributed by atoms with Gasteiger partial charge in [0.25, 0.3) is 0 Å². The number of benzene rings is 2. The molecule has 2 aromatic carbocycles. The van der Waals surface area contributed by atoms with Gasteiger partial charge in [-0.2, -0.15) is 0 Å². The Kier molecular flexibility index (Phi) is 21.6. The van der Waals surface area contributed by atoms with Gasteiger partial charge in [0.1, 0.15) is 5.75 Å². The summed E-state index contributed by atoms with van der Waals surface area (Å²) in [6.45, 7) is 0. The molecule has 0 fully saturated rings. The van der Waals surface area contributed by atoms with Crippen LogP contribution in [-0.4, -0.2) is 97.3 Å². The van der Waals surface area contributed by atoms with Crippen LogP contribution in [-0.2, 0) is 9.13 Å². The molecule has 2 radical (unpaired) electrons. The predicted octanol–water partition coefficient (Wildman–Crippen LogP) is -5.18. The normalized spacial score (nSPS) is 13.2. The standard InChI is InChI=1S/C18H22O12P2.4Na/c1-25-14-10-13(29-31(19,20)21)12(9-15(14)30-32(22,23)24)6-5-11-7-16(26-2)18(28-4)17(8-11)27-3;;;;/h5-10H,1-4H3,(H2,19,20,21)(H2,22,23,24);;;;/q;;;2*+1/p-2/b6-5-;;;;. The summed E-state index contributed by atoms with van der Waals surface area (Å²) < 4.78 is 52.2. The van der Waals surface area contributed by atoms with E-state index in [0.717, 1.165) is 19.2 Å². The SMILES string of the molecule is COc1cc(OP(=O)([O-])O)c(/C=C\c2cc(OC)c(OC)c(OC)c2)cc1OP(=O)([O-])O.[Na+].[Na+].[Na].[Na]. The number of hydrogen-bond acceptors (Lipinski definition) is 10. The molecule has 0 saturated heterocycles. The fourth-order valence-corrected chi connectivity index (χ4v) is 3.43. The van der Waals surface area contributed by atoms with Crippen LogP contribution in [0.2, 0.25) is 0 Å². The van der Waals surface area contributed by atoms with E-state index in [1.54, 1.807) is 12.1 Å². The average molecular weight is 582 g/mol. The van der Waals surface area contributed by atoms with Gasteiger partial charge < -0.3 is 47.6 Å². The molecule has 0 amide bonds. The number of methoxy groups -OCH3 is 4. The van der Waals surface area contributed by atoms with Crippen LogP contribution in [0.3, 0.4) is 0 Å². The molecule has 0 aliphatic heterocycles. The Morgan fingerprint density at radius 3 is 1.50 bits per heavy atom. The number of phosphoric ester groups is 2. The maximum absolute atomic E-state index is 11.3. The van der Waals surface area contributed by atoms with Gasteiger partial charge in [-0.3, -0.25) is 9.13 Å². The van der Waals surface area contributed by atoms with E-state index in [-0.39, 0.29) is 130 Å². The predicted molar refractivity (Wildman–Crippen MR) is 120 cm³/mol. The summed E-state index contributed by atoms with van der Waals surface area (Å²) in [5, 5.41) is 0. The fourth-order valence-electron chi connectivity index (χ4n) is 2.63. The molecule has 18 heteroatoms. The molecule has 0 saturated carbocycles. The molecule has 2 rings (SSSR count). The first kappa shape index (κ1) is 41.8. The van der Waals surface area contributed by atoms with E-state index in [2.05, 4.69) is 9.05 Å². The monoisotopic (exact) mass is 582 g/mol. The molecule has 12 nitrogen and oxygen atoms in total. The van der Waals surface area contributed by atoms with Gasteiger partial charge in [0.05, 0.1) is 28.4 Å². The summed E-state index contributed by atoms with van der Waals surface area (Å²) in [6.07, 6.45) is 2.80. The van der Waals surface area contributed by atoms with E-state index in [1.165, 1.54) is 33.5 Å². The molecule has 0 aromatic heterocycles. The third kappa shape index (κ3) is 13.1. The molecule has 0 aliphatic rings. The zero-order valence-corrected chi connectivity index (χ0v) is 31.1. The summed E-state index contributed by atoms with van der Waals surface area (Å²) in [7, 11) is -5.03. The molecule has 2 unspecified atom stereocenters. The first-order chi connectivity index (χ1) is 14.9. The summed E-state index contributed by atoms with van der Waals surface area (Å²) in [5.41, 5.74) is 0.461. The molecule has 36 heavy (non-hydrogen) atoms. The van der Waals surface area contributed by atoms with Gasteiger partial charge in [-0.15, -0.1) is 0 Å². The van der Waals surface area contributed by atoms with Crippen molar-refractivity contribution in [3.63, 3.8) is 0 Å². The Labute approximate surface area is 297 Å². The minimum atomic E-state index is -5.24. The summed E-state index contributed by atoms with van der Waals surface area (Å²) in [6, 6.07) is 5.16. The molecule has 2 N–H and O–H groups in total. The van der Waals surface area contributed by atoms with Crippen molar-refractivity contribution in [2.24, 2.45) is 0 Å². The third-order valence-electron chi connectivity index (χ3n) is 3.87.